The molecular formula is C12H26ClN3O4S. The molecule has 0 aromatic rings. The van der Waals surface area contributed by atoms with Crippen molar-refractivity contribution in [2.24, 2.45) is 0 Å². The Hall–Kier alpha value is -0.410. The van der Waals surface area contributed by atoms with Crippen molar-refractivity contribution in [2.75, 3.05) is 39.0 Å². The predicted molar refractivity (Wildman–Crippen MR) is 84.2 cm³/mol. The van der Waals surface area contributed by atoms with Gasteiger partial charge in [0.2, 0.25) is 15.9 Å². The van der Waals surface area contributed by atoms with Gasteiger partial charge in [-0.3, -0.25) is 4.79 Å². The van der Waals surface area contributed by atoms with E-state index in [-0.39, 0.29) is 36.7 Å². The van der Waals surface area contributed by atoms with E-state index in [1.165, 1.54) is 0 Å². The smallest absolute Gasteiger partial charge is 0.221 e. The Balaban J connectivity index is 0.00000400. The normalized spacial score (nSPS) is 18.8. The molecule has 0 saturated carbocycles. The van der Waals surface area contributed by atoms with E-state index in [1.54, 1.807) is 7.05 Å². The minimum absolute atomic E-state index is 0. The van der Waals surface area contributed by atoms with Crippen LogP contribution in [0.2, 0.25) is 0 Å². The summed E-state index contributed by atoms with van der Waals surface area (Å²) in [6, 6.07) is 0. The fraction of sp³-hybridized carbons (Fsp3) is 0.917. The third-order valence-corrected chi connectivity index (χ3v) is 4.45. The Morgan fingerprint density at radius 1 is 1.29 bits per heavy atom. The van der Waals surface area contributed by atoms with Gasteiger partial charge in [-0.2, -0.15) is 0 Å². The summed E-state index contributed by atoms with van der Waals surface area (Å²) in [4.78, 5) is 11.3. The van der Waals surface area contributed by atoms with Crippen LogP contribution < -0.4 is 15.4 Å². The molecule has 0 radical (unpaired) electrons. The number of amides is 1. The molecule has 0 aromatic heterocycles. The number of hydrogen-bond donors (Lipinski definition) is 3. The van der Waals surface area contributed by atoms with Gasteiger partial charge >= 0.3 is 0 Å². The van der Waals surface area contributed by atoms with Gasteiger partial charge in [-0.15, -0.1) is 12.4 Å². The second kappa shape index (κ2) is 11.2. The molecule has 9 heteroatoms. The molecule has 1 heterocycles. The average Bonchev–Trinajstić information content (AvgIpc) is 2.44. The number of carbonyl (C=O) groups excluding carboxylic acids is 1. The quantitative estimate of drug-likeness (QED) is 0.530. The third kappa shape index (κ3) is 10.0. The maximum atomic E-state index is 11.7. The highest BCUT2D eigenvalue weighted by molar-refractivity contribution is 7.89. The Morgan fingerprint density at radius 2 is 2.05 bits per heavy atom. The predicted octanol–water partition coefficient (Wildman–Crippen LogP) is -0.378. The van der Waals surface area contributed by atoms with Crippen molar-refractivity contribution in [1.82, 2.24) is 15.4 Å². The van der Waals surface area contributed by atoms with Crippen LogP contribution in [0.25, 0.3) is 0 Å². The standard InChI is InChI=1S/C12H25N3O4S.ClH/c1-13-6-5-12(16)14-7-9-20(17,18)15-10-11-4-2-3-8-19-11;/h11,13,15H,2-10H2,1H3,(H,14,16);1H. The van der Waals surface area contributed by atoms with Gasteiger partial charge in [-0.05, 0) is 26.3 Å². The molecule has 0 aromatic carbocycles. The highest BCUT2D eigenvalue weighted by atomic mass is 35.5. The molecule has 1 unspecified atom stereocenters. The minimum Gasteiger partial charge on any atom is -0.377 e. The number of sulfonamides is 1. The first-order chi connectivity index (χ1) is 9.53. The van der Waals surface area contributed by atoms with Gasteiger partial charge in [-0.1, -0.05) is 0 Å². The molecule has 1 atom stereocenters. The first-order valence-corrected chi connectivity index (χ1v) is 8.69. The van der Waals surface area contributed by atoms with Gasteiger partial charge < -0.3 is 15.4 Å². The molecule has 1 rings (SSSR count). The van der Waals surface area contributed by atoms with Gasteiger partial charge in [0.15, 0.2) is 0 Å². The molecule has 126 valence electrons. The molecule has 1 saturated heterocycles. The van der Waals surface area contributed by atoms with Crippen molar-refractivity contribution in [3.63, 3.8) is 0 Å². The van der Waals surface area contributed by atoms with E-state index >= 15 is 0 Å². The van der Waals surface area contributed by atoms with Crippen molar-refractivity contribution in [3.05, 3.63) is 0 Å². The van der Waals surface area contributed by atoms with Crippen LogP contribution in [0.4, 0.5) is 0 Å². The lowest BCUT2D eigenvalue weighted by atomic mass is 10.1. The molecular weight excluding hydrogens is 318 g/mol. The molecule has 7 nitrogen and oxygen atoms in total. The van der Waals surface area contributed by atoms with Crippen LogP contribution in [0.3, 0.4) is 0 Å². The van der Waals surface area contributed by atoms with E-state index in [2.05, 4.69) is 15.4 Å². The van der Waals surface area contributed by atoms with Crippen LogP contribution in [-0.2, 0) is 19.6 Å². The zero-order valence-electron chi connectivity index (χ0n) is 12.4. The van der Waals surface area contributed by atoms with Crippen molar-refractivity contribution < 1.29 is 17.9 Å². The zero-order valence-corrected chi connectivity index (χ0v) is 14.0. The number of nitrogens with one attached hydrogen (secondary N) is 3. The highest BCUT2D eigenvalue weighted by Crippen LogP contribution is 2.11. The van der Waals surface area contributed by atoms with E-state index in [0.717, 1.165) is 19.3 Å². The molecule has 0 spiro atoms. The topological polar surface area (TPSA) is 96.5 Å². The number of rotatable bonds is 9. The van der Waals surface area contributed by atoms with E-state index in [4.69, 9.17) is 4.74 Å². The molecule has 1 aliphatic rings. The number of halogens is 1. The first kappa shape index (κ1) is 20.6. The van der Waals surface area contributed by atoms with E-state index in [0.29, 0.717) is 26.1 Å². The molecule has 21 heavy (non-hydrogen) atoms. The summed E-state index contributed by atoms with van der Waals surface area (Å²) < 4.78 is 31.5. The van der Waals surface area contributed by atoms with Gasteiger partial charge in [0.05, 0.1) is 11.9 Å². The average molecular weight is 344 g/mol. The molecule has 1 aliphatic heterocycles. The number of carbonyl (C=O) groups is 1. The maximum Gasteiger partial charge on any atom is 0.221 e. The summed E-state index contributed by atoms with van der Waals surface area (Å²) in [5.41, 5.74) is 0. The summed E-state index contributed by atoms with van der Waals surface area (Å²) in [7, 11) is -1.60. The lowest BCUT2D eigenvalue weighted by molar-refractivity contribution is -0.120. The molecule has 3 N–H and O–H groups in total. The zero-order chi connectivity index (χ0) is 14.8. The minimum atomic E-state index is -3.36. The summed E-state index contributed by atoms with van der Waals surface area (Å²) in [5.74, 6) is -0.254. The van der Waals surface area contributed by atoms with Crippen LogP contribution in [0, 0.1) is 0 Å². The van der Waals surface area contributed by atoms with E-state index in [9.17, 15) is 13.2 Å². The van der Waals surface area contributed by atoms with Crippen LogP contribution in [-0.4, -0.2) is 59.5 Å². The van der Waals surface area contributed by atoms with Crippen LogP contribution in [0.15, 0.2) is 0 Å². The van der Waals surface area contributed by atoms with Gasteiger partial charge in [0.25, 0.3) is 0 Å². The van der Waals surface area contributed by atoms with E-state index < -0.39 is 10.0 Å². The Morgan fingerprint density at radius 3 is 2.67 bits per heavy atom. The molecule has 1 fully saturated rings. The van der Waals surface area contributed by atoms with Crippen LogP contribution >= 0.6 is 12.4 Å². The third-order valence-electron chi connectivity index (χ3n) is 3.10. The number of ether oxygens (including phenoxy) is 1. The summed E-state index contributed by atoms with van der Waals surface area (Å²) in [6.45, 7) is 1.73. The fourth-order valence-electron chi connectivity index (χ4n) is 1.91. The SMILES string of the molecule is CNCCC(=O)NCCS(=O)(=O)NCC1CCCCO1.Cl. The summed E-state index contributed by atoms with van der Waals surface area (Å²) in [6.07, 6.45) is 3.34. The monoisotopic (exact) mass is 343 g/mol. The second-order valence-electron chi connectivity index (χ2n) is 4.86. The second-order valence-corrected chi connectivity index (χ2v) is 6.79. The lowest BCUT2D eigenvalue weighted by Crippen LogP contribution is -2.39. The van der Waals surface area contributed by atoms with Crippen molar-refractivity contribution in [3.8, 4) is 0 Å². The Labute approximate surface area is 133 Å². The largest absolute Gasteiger partial charge is 0.377 e. The van der Waals surface area contributed by atoms with Crippen molar-refractivity contribution in [2.45, 2.75) is 31.8 Å². The van der Waals surface area contributed by atoms with E-state index in [1.807, 2.05) is 0 Å². The number of hydrogen-bond acceptors (Lipinski definition) is 5. The van der Waals surface area contributed by atoms with Gasteiger partial charge in [0, 0.05) is 32.7 Å². The maximum absolute atomic E-state index is 11.7. The Bertz CT molecular complexity index is 386. The highest BCUT2D eigenvalue weighted by Gasteiger charge is 2.17. The molecule has 0 aliphatic carbocycles. The van der Waals surface area contributed by atoms with Gasteiger partial charge in [0.1, 0.15) is 0 Å². The molecule has 0 bridgehead atoms. The van der Waals surface area contributed by atoms with Gasteiger partial charge in [-0.25, -0.2) is 13.1 Å². The summed E-state index contributed by atoms with van der Waals surface area (Å²) >= 11 is 0. The lowest BCUT2D eigenvalue weighted by Gasteiger charge is -2.22. The molecule has 1 amide bonds. The Kier molecular flexibility index (Phi) is 11.0. The van der Waals surface area contributed by atoms with Crippen molar-refractivity contribution >= 4 is 28.3 Å². The first-order valence-electron chi connectivity index (χ1n) is 7.04. The fourth-order valence-corrected chi connectivity index (χ4v) is 2.87. The van der Waals surface area contributed by atoms with Crippen molar-refractivity contribution in [1.29, 1.82) is 0 Å². The van der Waals surface area contributed by atoms with Crippen LogP contribution in [0.1, 0.15) is 25.7 Å². The summed E-state index contributed by atoms with van der Waals surface area (Å²) in [5, 5.41) is 5.44. The van der Waals surface area contributed by atoms with Crippen LogP contribution in [0.5, 0.6) is 0 Å².